The van der Waals surface area contributed by atoms with Gasteiger partial charge in [-0.3, -0.25) is 9.98 Å². The second-order valence-corrected chi connectivity index (χ2v) is 15.1. The second-order valence-electron chi connectivity index (χ2n) is 15.1. The van der Waals surface area contributed by atoms with Gasteiger partial charge in [-0.2, -0.15) is 0 Å². The van der Waals surface area contributed by atoms with Crippen LogP contribution in [-0.2, 0) is 27.3 Å². The average molecular weight is 682 g/mol. The Labute approximate surface area is 293 Å². The second kappa shape index (κ2) is 15.7. The number of hydrogen-bond donors (Lipinski definition) is 2. The number of nitrogens with zero attached hydrogens (tertiary/aromatic N) is 2. The van der Waals surface area contributed by atoms with Crippen LogP contribution in [-0.4, -0.2) is 24.8 Å². The summed E-state index contributed by atoms with van der Waals surface area (Å²) in [5.74, 6) is 1.50. The molecular formula is C40H54N4NiO2. The quantitative estimate of drug-likeness (QED) is 0.271. The predicted octanol–water partition coefficient (Wildman–Crippen LogP) is 8.73. The van der Waals surface area contributed by atoms with E-state index in [1.807, 2.05) is 41.5 Å². The molecule has 3 aromatic rings. The standard InChI is InChI=1S/C20H24N4.C20H32O2.Ni/c1-13-7-5-8-14(2)17(13)23-19-20(22-12-11-21-19)24-18-15(3)9-6-10-16(18)4;1-19(2,3)15-12-14(13-10-8-7-9-11-13)16(20(4,5)6)18(22)17(15)21;/h5-10H,11-12H2,1-4H3,(H,21,23)(H,22,24);12-13,21-22H,7-11H2,1-6H3;/q;;+2/p-2. The van der Waals surface area contributed by atoms with E-state index in [-0.39, 0.29) is 38.8 Å². The van der Waals surface area contributed by atoms with E-state index in [0.29, 0.717) is 24.6 Å². The van der Waals surface area contributed by atoms with Crippen LogP contribution in [0.15, 0.2) is 52.4 Å². The molecule has 2 N–H and O–H groups in total. The summed E-state index contributed by atoms with van der Waals surface area (Å²) in [4.78, 5) is 9.31. The van der Waals surface area contributed by atoms with Gasteiger partial charge in [0.05, 0.1) is 13.1 Å². The Kier molecular flexibility index (Phi) is 12.8. The predicted molar refractivity (Wildman–Crippen MR) is 192 cm³/mol. The molecule has 7 heteroatoms. The van der Waals surface area contributed by atoms with Gasteiger partial charge < -0.3 is 20.8 Å². The summed E-state index contributed by atoms with van der Waals surface area (Å²) in [5.41, 5.74) is 9.07. The van der Waals surface area contributed by atoms with Gasteiger partial charge in [-0.25, -0.2) is 0 Å². The SMILES string of the molecule is CC(C)(C)c1cc(C2CCCCC2)c(C(C)(C)C)c([O-])c1[O-].Cc1cccc(C)c1NC1=NCCN=C1Nc1c(C)cccc1C.[Ni+2]. The van der Waals surface area contributed by atoms with Crippen molar-refractivity contribution in [1.29, 1.82) is 0 Å². The molecule has 0 saturated heterocycles. The van der Waals surface area contributed by atoms with Gasteiger partial charge in [0.2, 0.25) is 0 Å². The third-order valence-corrected chi connectivity index (χ3v) is 9.18. The van der Waals surface area contributed by atoms with Gasteiger partial charge in [-0.15, -0.1) is 11.5 Å². The van der Waals surface area contributed by atoms with E-state index in [9.17, 15) is 10.2 Å². The molecule has 0 radical (unpaired) electrons. The molecule has 6 nitrogen and oxygen atoms in total. The number of rotatable bonds is 3. The first kappa shape index (κ1) is 38.1. The van der Waals surface area contributed by atoms with Crippen LogP contribution in [0.1, 0.15) is 119 Å². The molecule has 0 aromatic heterocycles. The maximum absolute atomic E-state index is 12.8. The van der Waals surface area contributed by atoms with Gasteiger partial charge in [-0.05, 0) is 90.7 Å². The third-order valence-electron chi connectivity index (χ3n) is 9.18. The molecule has 0 amide bonds. The first-order valence-electron chi connectivity index (χ1n) is 16.9. The van der Waals surface area contributed by atoms with Crippen molar-refractivity contribution in [2.75, 3.05) is 23.7 Å². The molecule has 1 aliphatic heterocycles. The van der Waals surface area contributed by atoms with E-state index in [1.165, 1.54) is 41.5 Å². The van der Waals surface area contributed by atoms with Crippen molar-refractivity contribution >= 4 is 23.0 Å². The van der Waals surface area contributed by atoms with Gasteiger partial charge in [-0.1, -0.05) is 109 Å². The van der Waals surface area contributed by atoms with Gasteiger partial charge >= 0.3 is 16.5 Å². The molecule has 256 valence electrons. The summed E-state index contributed by atoms with van der Waals surface area (Å²) in [6, 6.07) is 14.6. The zero-order valence-corrected chi connectivity index (χ0v) is 31.1. The summed E-state index contributed by atoms with van der Waals surface area (Å²) in [6.07, 6.45) is 6.03. The minimum atomic E-state index is -0.294. The Morgan fingerprint density at radius 1 is 0.638 bits per heavy atom. The van der Waals surface area contributed by atoms with Crippen molar-refractivity contribution in [3.8, 4) is 11.5 Å². The molecule has 0 unspecified atom stereocenters. The molecule has 0 atom stereocenters. The number of hydrogen-bond acceptors (Lipinski definition) is 6. The fraction of sp³-hybridized carbons (Fsp3) is 0.500. The molecular weight excluding hydrogens is 627 g/mol. The molecule has 0 spiro atoms. The van der Waals surface area contributed by atoms with Crippen LogP contribution >= 0.6 is 0 Å². The van der Waals surface area contributed by atoms with Gasteiger partial charge in [0, 0.05) is 11.4 Å². The van der Waals surface area contributed by atoms with Crippen molar-refractivity contribution in [3.05, 3.63) is 81.4 Å². The number of para-hydroxylation sites is 2. The van der Waals surface area contributed by atoms with Crippen molar-refractivity contribution in [1.82, 2.24) is 0 Å². The van der Waals surface area contributed by atoms with Gasteiger partial charge in [0.1, 0.15) is 0 Å². The fourth-order valence-electron chi connectivity index (χ4n) is 6.66. The van der Waals surface area contributed by atoms with Crippen LogP contribution < -0.4 is 20.8 Å². The smallest absolute Gasteiger partial charge is 0.873 e. The summed E-state index contributed by atoms with van der Waals surface area (Å²) in [7, 11) is 0. The molecule has 47 heavy (non-hydrogen) atoms. The van der Waals surface area contributed by atoms with E-state index < -0.39 is 0 Å². The first-order chi connectivity index (χ1) is 21.6. The summed E-state index contributed by atoms with van der Waals surface area (Å²) >= 11 is 0. The van der Waals surface area contributed by atoms with E-state index in [2.05, 4.69) is 90.8 Å². The Balaban J connectivity index is 0.000000251. The van der Waals surface area contributed by atoms with Gasteiger partial charge in [0.15, 0.2) is 11.7 Å². The van der Waals surface area contributed by atoms with Crippen molar-refractivity contribution < 1.29 is 26.7 Å². The Morgan fingerprint density at radius 2 is 1.06 bits per heavy atom. The molecule has 2 aliphatic rings. The molecule has 3 aromatic carbocycles. The molecule has 5 rings (SSSR count). The minimum Gasteiger partial charge on any atom is -0.873 e. The normalized spacial score (nSPS) is 15.4. The van der Waals surface area contributed by atoms with Crippen LogP contribution in [0.2, 0.25) is 0 Å². The molecule has 0 bridgehead atoms. The molecule has 1 aliphatic carbocycles. The maximum Gasteiger partial charge on any atom is 2.00 e. The van der Waals surface area contributed by atoms with E-state index in [0.717, 1.165) is 47.0 Å². The summed E-state index contributed by atoms with van der Waals surface area (Å²) in [5, 5.41) is 32.4. The minimum absolute atomic E-state index is 0. The zero-order chi connectivity index (χ0) is 33.8. The number of benzene rings is 3. The number of amidine groups is 2. The Bertz CT molecular complexity index is 1500. The molecule has 1 heterocycles. The first-order valence-corrected chi connectivity index (χ1v) is 16.9. The largest absolute Gasteiger partial charge is 2.00 e. The van der Waals surface area contributed by atoms with Crippen LogP contribution in [0.25, 0.3) is 0 Å². The Hall–Kier alpha value is -3.31. The van der Waals surface area contributed by atoms with E-state index >= 15 is 0 Å². The fourth-order valence-corrected chi connectivity index (χ4v) is 6.66. The number of aliphatic imine (C=N–C) groups is 2. The molecule has 1 saturated carbocycles. The average Bonchev–Trinajstić information content (AvgIpc) is 2.98. The van der Waals surface area contributed by atoms with Crippen molar-refractivity contribution in [3.63, 3.8) is 0 Å². The topological polar surface area (TPSA) is 94.9 Å². The monoisotopic (exact) mass is 680 g/mol. The maximum atomic E-state index is 12.8. The number of aryl methyl sites for hydroxylation is 4. The Morgan fingerprint density at radius 3 is 1.45 bits per heavy atom. The molecule has 1 fully saturated rings. The van der Waals surface area contributed by atoms with Crippen LogP contribution in [0.5, 0.6) is 11.5 Å². The number of anilines is 2. The van der Waals surface area contributed by atoms with E-state index in [4.69, 9.17) is 0 Å². The summed E-state index contributed by atoms with van der Waals surface area (Å²) < 4.78 is 0. The van der Waals surface area contributed by atoms with Crippen LogP contribution in [0.4, 0.5) is 11.4 Å². The van der Waals surface area contributed by atoms with Crippen molar-refractivity contribution in [2.45, 2.75) is 118 Å². The number of nitrogens with one attached hydrogen (secondary N) is 2. The van der Waals surface area contributed by atoms with E-state index in [1.54, 1.807) is 0 Å². The summed E-state index contributed by atoms with van der Waals surface area (Å²) in [6.45, 7) is 22.0. The van der Waals surface area contributed by atoms with Crippen LogP contribution in [0, 0.1) is 27.7 Å². The van der Waals surface area contributed by atoms with Crippen molar-refractivity contribution in [2.24, 2.45) is 9.98 Å². The zero-order valence-electron chi connectivity index (χ0n) is 30.1. The van der Waals surface area contributed by atoms with Gasteiger partial charge in [0.25, 0.3) is 0 Å². The third kappa shape index (κ3) is 9.19. The van der Waals surface area contributed by atoms with Crippen LogP contribution in [0.3, 0.4) is 0 Å².